The molecule has 1 aliphatic heterocycles. The number of carbonyl (C=O) groups is 1. The Kier molecular flexibility index (Phi) is 5.98. The summed E-state index contributed by atoms with van der Waals surface area (Å²) in [6.07, 6.45) is 1.47. The maximum Gasteiger partial charge on any atom is 0.322 e. The summed E-state index contributed by atoms with van der Waals surface area (Å²) in [4.78, 5) is 16.4. The zero-order valence-electron chi connectivity index (χ0n) is 15.9. The molecule has 0 aliphatic carbocycles. The Balaban J connectivity index is 1.69. The van der Waals surface area contributed by atoms with Crippen LogP contribution in [0.5, 0.6) is 11.5 Å². The van der Waals surface area contributed by atoms with Gasteiger partial charge < -0.3 is 25.0 Å². The normalized spacial score (nSPS) is 19.8. The Morgan fingerprint density at radius 3 is 2.63 bits per heavy atom. The third kappa shape index (κ3) is 5.21. The number of piperidine rings is 1. The van der Waals surface area contributed by atoms with Crippen molar-refractivity contribution in [2.45, 2.75) is 18.4 Å². The second kappa shape index (κ2) is 8.41. The molecular formula is C21H27N3O3. The van der Waals surface area contributed by atoms with E-state index in [0.717, 1.165) is 6.42 Å². The van der Waals surface area contributed by atoms with Crippen LogP contribution < -0.4 is 10.1 Å². The predicted octanol–water partition coefficient (Wildman–Crippen LogP) is 3.40. The molecule has 2 aromatic rings. The molecule has 1 atom stereocenters. The highest BCUT2D eigenvalue weighted by atomic mass is 16.5. The number of carbonyl (C=O) groups excluding carboxylic acids is 1. The number of ether oxygens (including phenoxy) is 1. The molecular weight excluding hydrogens is 342 g/mol. The van der Waals surface area contributed by atoms with E-state index in [9.17, 15) is 9.90 Å². The highest BCUT2D eigenvalue weighted by molar-refractivity contribution is 5.91. The fourth-order valence-electron chi connectivity index (χ4n) is 3.47. The topological polar surface area (TPSA) is 65.0 Å². The smallest absolute Gasteiger partial charge is 0.322 e. The molecule has 1 aliphatic rings. The molecule has 1 fully saturated rings. The van der Waals surface area contributed by atoms with Gasteiger partial charge in [0.25, 0.3) is 0 Å². The summed E-state index contributed by atoms with van der Waals surface area (Å²) >= 11 is 0. The standard InChI is InChI=1S/C21H27N3O3/c1-23(2)15-21(26)13-8-14-24(16-21)20(25)22-18-11-6-7-12-19(18)27-17-9-4-3-5-10-17/h3-7,9-12,26H,8,13-16H2,1-2H3,(H,22,25)/t21-/m1/s1. The maximum absolute atomic E-state index is 12.8. The molecule has 6 nitrogen and oxygen atoms in total. The number of benzene rings is 2. The summed E-state index contributed by atoms with van der Waals surface area (Å²) < 4.78 is 5.90. The minimum atomic E-state index is -0.876. The molecule has 2 amide bonds. The van der Waals surface area contributed by atoms with Crippen molar-refractivity contribution < 1.29 is 14.6 Å². The van der Waals surface area contributed by atoms with Gasteiger partial charge in [-0.2, -0.15) is 0 Å². The van der Waals surface area contributed by atoms with E-state index in [-0.39, 0.29) is 6.03 Å². The molecule has 144 valence electrons. The van der Waals surface area contributed by atoms with Gasteiger partial charge in [-0.15, -0.1) is 0 Å². The van der Waals surface area contributed by atoms with Gasteiger partial charge in [-0.05, 0) is 51.2 Å². The fourth-order valence-corrected chi connectivity index (χ4v) is 3.47. The van der Waals surface area contributed by atoms with E-state index in [1.54, 1.807) is 4.90 Å². The van der Waals surface area contributed by atoms with E-state index in [2.05, 4.69) is 5.32 Å². The van der Waals surface area contributed by atoms with E-state index >= 15 is 0 Å². The Bertz CT molecular complexity index is 766. The molecule has 2 aromatic carbocycles. The van der Waals surface area contributed by atoms with Gasteiger partial charge in [-0.25, -0.2) is 4.79 Å². The lowest BCUT2D eigenvalue weighted by Gasteiger charge is -2.40. The first-order valence-electron chi connectivity index (χ1n) is 9.20. The summed E-state index contributed by atoms with van der Waals surface area (Å²) in [5.74, 6) is 1.29. The van der Waals surface area contributed by atoms with E-state index in [4.69, 9.17) is 4.74 Å². The molecule has 0 saturated carbocycles. The van der Waals surface area contributed by atoms with E-state index in [1.807, 2.05) is 73.6 Å². The van der Waals surface area contributed by atoms with Gasteiger partial charge in [0.15, 0.2) is 5.75 Å². The van der Waals surface area contributed by atoms with Crippen molar-refractivity contribution in [3.8, 4) is 11.5 Å². The number of amides is 2. The molecule has 0 bridgehead atoms. The van der Waals surface area contributed by atoms with Crippen LogP contribution in [0.3, 0.4) is 0 Å². The van der Waals surface area contributed by atoms with Crippen LogP contribution in [0.1, 0.15) is 12.8 Å². The van der Waals surface area contributed by atoms with Crippen LogP contribution in [-0.2, 0) is 0 Å². The highest BCUT2D eigenvalue weighted by Crippen LogP contribution is 2.30. The summed E-state index contributed by atoms with van der Waals surface area (Å²) in [6.45, 7) is 1.48. The van der Waals surface area contributed by atoms with Crippen LogP contribution in [-0.4, -0.2) is 60.3 Å². The lowest BCUT2D eigenvalue weighted by Crippen LogP contribution is -2.55. The Morgan fingerprint density at radius 1 is 1.19 bits per heavy atom. The second-order valence-electron chi connectivity index (χ2n) is 7.33. The third-order valence-corrected chi connectivity index (χ3v) is 4.55. The van der Waals surface area contributed by atoms with Crippen molar-refractivity contribution >= 4 is 11.7 Å². The first-order chi connectivity index (χ1) is 13.0. The van der Waals surface area contributed by atoms with Crippen molar-refractivity contribution in [3.05, 3.63) is 54.6 Å². The first kappa shape index (κ1) is 19.2. The molecule has 3 rings (SSSR count). The molecule has 1 saturated heterocycles. The van der Waals surface area contributed by atoms with Crippen molar-refractivity contribution in [2.24, 2.45) is 0 Å². The number of hydrogen-bond donors (Lipinski definition) is 2. The molecule has 0 unspecified atom stereocenters. The number of nitrogens with zero attached hydrogens (tertiary/aromatic N) is 2. The average Bonchev–Trinajstić information content (AvgIpc) is 2.63. The Hall–Kier alpha value is -2.57. The van der Waals surface area contributed by atoms with Gasteiger partial charge >= 0.3 is 6.03 Å². The first-order valence-corrected chi connectivity index (χ1v) is 9.20. The molecule has 27 heavy (non-hydrogen) atoms. The number of β-amino-alcohol motifs (C(OH)–C–C–N with tert-alkyl or cyclic N) is 1. The van der Waals surface area contributed by atoms with Crippen LogP contribution in [0.4, 0.5) is 10.5 Å². The van der Waals surface area contributed by atoms with E-state index < -0.39 is 5.60 Å². The Morgan fingerprint density at radius 2 is 1.89 bits per heavy atom. The number of likely N-dealkylation sites (tertiary alicyclic amines) is 1. The van der Waals surface area contributed by atoms with Crippen LogP contribution in [0, 0.1) is 0 Å². The van der Waals surface area contributed by atoms with Gasteiger partial charge in [0.2, 0.25) is 0 Å². The summed E-state index contributed by atoms with van der Waals surface area (Å²) in [5.41, 5.74) is -0.271. The van der Waals surface area contributed by atoms with Crippen LogP contribution in [0.15, 0.2) is 54.6 Å². The molecule has 1 heterocycles. The summed E-state index contributed by atoms with van der Waals surface area (Å²) in [5, 5.41) is 13.7. The Labute approximate surface area is 160 Å². The molecule has 0 spiro atoms. The SMILES string of the molecule is CN(C)C[C@]1(O)CCCN(C(=O)Nc2ccccc2Oc2ccccc2)C1. The monoisotopic (exact) mass is 369 g/mol. The molecule has 2 N–H and O–H groups in total. The lowest BCUT2D eigenvalue weighted by molar-refractivity contribution is -0.0333. The lowest BCUT2D eigenvalue weighted by atomic mass is 9.92. The van der Waals surface area contributed by atoms with Crippen LogP contribution in [0.25, 0.3) is 0 Å². The third-order valence-electron chi connectivity index (χ3n) is 4.55. The van der Waals surface area contributed by atoms with Gasteiger partial charge in [0.1, 0.15) is 5.75 Å². The van der Waals surface area contributed by atoms with Crippen LogP contribution >= 0.6 is 0 Å². The predicted molar refractivity (Wildman–Crippen MR) is 106 cm³/mol. The van der Waals surface area contributed by atoms with E-state index in [1.165, 1.54) is 0 Å². The van der Waals surface area contributed by atoms with Crippen molar-refractivity contribution in [2.75, 3.05) is 39.0 Å². The van der Waals surface area contributed by atoms with Gasteiger partial charge in [0.05, 0.1) is 17.8 Å². The highest BCUT2D eigenvalue weighted by Gasteiger charge is 2.35. The fraction of sp³-hybridized carbons (Fsp3) is 0.381. The number of likely N-dealkylation sites (N-methyl/N-ethyl adjacent to an activating group) is 1. The van der Waals surface area contributed by atoms with E-state index in [0.29, 0.717) is 43.2 Å². The zero-order valence-corrected chi connectivity index (χ0v) is 15.9. The zero-order chi connectivity index (χ0) is 19.3. The van der Waals surface area contributed by atoms with Crippen LogP contribution in [0.2, 0.25) is 0 Å². The molecule has 6 heteroatoms. The number of hydrogen-bond acceptors (Lipinski definition) is 4. The van der Waals surface area contributed by atoms with Crippen molar-refractivity contribution in [1.82, 2.24) is 9.80 Å². The van der Waals surface area contributed by atoms with Gasteiger partial charge in [-0.3, -0.25) is 0 Å². The quantitative estimate of drug-likeness (QED) is 0.848. The molecule has 0 radical (unpaired) electrons. The minimum absolute atomic E-state index is 0.226. The average molecular weight is 369 g/mol. The largest absolute Gasteiger partial charge is 0.455 e. The maximum atomic E-state index is 12.8. The van der Waals surface area contributed by atoms with Gasteiger partial charge in [-0.1, -0.05) is 30.3 Å². The number of para-hydroxylation sites is 3. The van der Waals surface area contributed by atoms with Crippen molar-refractivity contribution in [3.63, 3.8) is 0 Å². The second-order valence-corrected chi connectivity index (χ2v) is 7.33. The summed E-state index contributed by atoms with van der Waals surface area (Å²) in [6, 6.07) is 16.6. The van der Waals surface area contributed by atoms with Crippen molar-refractivity contribution in [1.29, 1.82) is 0 Å². The number of rotatable bonds is 5. The number of urea groups is 1. The minimum Gasteiger partial charge on any atom is -0.455 e. The number of anilines is 1. The summed E-state index contributed by atoms with van der Waals surface area (Å²) in [7, 11) is 3.85. The number of nitrogens with one attached hydrogen (secondary N) is 1. The van der Waals surface area contributed by atoms with Gasteiger partial charge in [0, 0.05) is 13.1 Å². The molecule has 0 aromatic heterocycles. The number of aliphatic hydroxyl groups is 1.